The fourth-order valence-electron chi connectivity index (χ4n) is 2.35. The summed E-state index contributed by atoms with van der Waals surface area (Å²) in [5, 5.41) is 6.13. The summed E-state index contributed by atoms with van der Waals surface area (Å²) in [4.78, 5) is 16.5. The van der Waals surface area contributed by atoms with E-state index in [1.165, 1.54) is 0 Å². The zero-order chi connectivity index (χ0) is 14.8. The summed E-state index contributed by atoms with van der Waals surface area (Å²) in [6.45, 7) is 4.09. The molecule has 2 heterocycles. The van der Waals surface area contributed by atoms with Crippen LogP contribution in [-0.2, 0) is 11.2 Å². The van der Waals surface area contributed by atoms with Gasteiger partial charge in [0.1, 0.15) is 5.75 Å². The van der Waals surface area contributed by atoms with Crippen LogP contribution >= 0.6 is 11.3 Å². The number of nitrogens with one attached hydrogen (secondary N) is 1. The van der Waals surface area contributed by atoms with Crippen molar-refractivity contribution in [2.75, 3.05) is 5.32 Å². The van der Waals surface area contributed by atoms with Gasteiger partial charge in [-0.05, 0) is 37.5 Å². The van der Waals surface area contributed by atoms with Crippen LogP contribution in [-0.4, -0.2) is 17.0 Å². The Hall–Kier alpha value is -1.88. The molecule has 1 amide bonds. The van der Waals surface area contributed by atoms with Gasteiger partial charge >= 0.3 is 0 Å². The zero-order valence-electron chi connectivity index (χ0n) is 12.2. The Morgan fingerprint density at radius 3 is 3.00 bits per heavy atom. The quantitative estimate of drug-likeness (QED) is 0.932. The van der Waals surface area contributed by atoms with E-state index in [1.54, 1.807) is 11.3 Å². The molecule has 0 spiro atoms. The van der Waals surface area contributed by atoms with Crippen molar-refractivity contribution >= 4 is 22.9 Å². The molecule has 21 heavy (non-hydrogen) atoms. The highest BCUT2D eigenvalue weighted by molar-refractivity contribution is 7.09. The van der Waals surface area contributed by atoms with Gasteiger partial charge in [0, 0.05) is 10.9 Å². The second kappa shape index (κ2) is 5.85. The van der Waals surface area contributed by atoms with E-state index < -0.39 is 6.10 Å². The number of amides is 1. The zero-order valence-corrected chi connectivity index (χ0v) is 13.0. The van der Waals surface area contributed by atoms with Crippen LogP contribution in [0.3, 0.4) is 0 Å². The highest BCUT2D eigenvalue weighted by Gasteiger charge is 2.26. The fourth-order valence-corrected chi connectivity index (χ4v) is 3.26. The molecule has 1 unspecified atom stereocenters. The van der Waals surface area contributed by atoms with E-state index in [4.69, 9.17) is 4.74 Å². The smallest absolute Gasteiger partial charge is 0.265 e. The molecule has 0 saturated heterocycles. The predicted molar refractivity (Wildman–Crippen MR) is 84.9 cm³/mol. The van der Waals surface area contributed by atoms with Gasteiger partial charge in [0.15, 0.2) is 6.10 Å². The monoisotopic (exact) mass is 302 g/mol. The fraction of sp³-hybridized carbons (Fsp3) is 0.375. The van der Waals surface area contributed by atoms with Crippen LogP contribution in [0, 0.1) is 0 Å². The molecule has 1 aliphatic heterocycles. The number of benzene rings is 1. The second-order valence-corrected chi connectivity index (χ2v) is 6.03. The molecule has 1 aliphatic rings. The van der Waals surface area contributed by atoms with Crippen molar-refractivity contribution in [3.05, 3.63) is 28.6 Å². The van der Waals surface area contributed by atoms with Crippen LogP contribution in [0.15, 0.2) is 23.6 Å². The van der Waals surface area contributed by atoms with Crippen molar-refractivity contribution in [2.24, 2.45) is 0 Å². The third kappa shape index (κ3) is 2.78. The average Bonchev–Trinajstić information content (AvgIpc) is 2.95. The van der Waals surface area contributed by atoms with Gasteiger partial charge < -0.3 is 10.1 Å². The first-order chi connectivity index (χ1) is 10.2. The first-order valence-corrected chi connectivity index (χ1v) is 8.15. The molecule has 1 aromatic carbocycles. The van der Waals surface area contributed by atoms with Crippen molar-refractivity contribution in [3.63, 3.8) is 0 Å². The third-order valence-corrected chi connectivity index (χ3v) is 4.39. The standard InChI is InChI=1S/C16H18N2O2S/c1-3-5-15-17-12(9-21-15)10-6-7-14-11(8-10)18-16(19)13(4-2)20-14/h6-9,13H,3-5H2,1-2H3,(H,18,19). The third-order valence-electron chi connectivity index (χ3n) is 3.48. The Morgan fingerprint density at radius 2 is 2.24 bits per heavy atom. The van der Waals surface area contributed by atoms with Gasteiger partial charge in [0.25, 0.3) is 5.91 Å². The first kappa shape index (κ1) is 14.1. The number of fused-ring (bicyclic) bond motifs is 1. The van der Waals surface area contributed by atoms with Crippen LogP contribution in [0.4, 0.5) is 5.69 Å². The van der Waals surface area contributed by atoms with Crippen LogP contribution < -0.4 is 10.1 Å². The van der Waals surface area contributed by atoms with Crippen molar-refractivity contribution in [1.82, 2.24) is 4.98 Å². The van der Waals surface area contributed by atoms with E-state index in [2.05, 4.69) is 22.6 Å². The topological polar surface area (TPSA) is 51.2 Å². The number of aryl methyl sites for hydroxylation is 1. The Labute approximate surface area is 128 Å². The lowest BCUT2D eigenvalue weighted by molar-refractivity contribution is -0.123. The van der Waals surface area contributed by atoms with Crippen LogP contribution in [0.1, 0.15) is 31.7 Å². The maximum Gasteiger partial charge on any atom is 0.265 e. The van der Waals surface area contributed by atoms with Gasteiger partial charge in [-0.3, -0.25) is 4.79 Å². The lowest BCUT2D eigenvalue weighted by atomic mass is 10.1. The van der Waals surface area contributed by atoms with Gasteiger partial charge in [-0.1, -0.05) is 13.8 Å². The lowest BCUT2D eigenvalue weighted by Gasteiger charge is -2.25. The SMILES string of the molecule is CCCc1nc(-c2ccc3c(c2)NC(=O)C(CC)O3)cs1. The molecule has 3 rings (SSSR count). The second-order valence-electron chi connectivity index (χ2n) is 5.09. The number of nitrogens with zero attached hydrogens (tertiary/aromatic N) is 1. The van der Waals surface area contributed by atoms with Crippen LogP contribution in [0.25, 0.3) is 11.3 Å². The number of hydrogen-bond acceptors (Lipinski definition) is 4. The highest BCUT2D eigenvalue weighted by atomic mass is 32.1. The van der Waals surface area contributed by atoms with Gasteiger partial charge in [-0.15, -0.1) is 11.3 Å². The average molecular weight is 302 g/mol. The number of rotatable bonds is 4. The molecular formula is C16H18N2O2S. The number of carbonyl (C=O) groups is 1. The Bertz CT molecular complexity index is 666. The Kier molecular flexibility index (Phi) is 3.92. The number of hydrogen-bond donors (Lipinski definition) is 1. The molecular weight excluding hydrogens is 284 g/mol. The molecule has 4 nitrogen and oxygen atoms in total. The normalized spacial score (nSPS) is 17.0. The largest absolute Gasteiger partial charge is 0.478 e. The summed E-state index contributed by atoms with van der Waals surface area (Å²) < 4.78 is 5.70. The Balaban J connectivity index is 1.89. The summed E-state index contributed by atoms with van der Waals surface area (Å²) in [5.41, 5.74) is 2.69. The van der Waals surface area contributed by atoms with Crippen LogP contribution in [0.5, 0.6) is 5.75 Å². The molecule has 0 aliphatic carbocycles. The van der Waals surface area contributed by atoms with Gasteiger partial charge in [0.2, 0.25) is 0 Å². The molecule has 1 aromatic heterocycles. The minimum Gasteiger partial charge on any atom is -0.478 e. The lowest BCUT2D eigenvalue weighted by Crippen LogP contribution is -2.36. The number of thiazole rings is 1. The molecule has 1 N–H and O–H groups in total. The number of anilines is 1. The van der Waals surface area contributed by atoms with Crippen molar-refractivity contribution < 1.29 is 9.53 Å². The molecule has 1 atom stereocenters. The van der Waals surface area contributed by atoms with Crippen LogP contribution in [0.2, 0.25) is 0 Å². The van der Waals surface area contributed by atoms with Crippen molar-refractivity contribution in [2.45, 2.75) is 39.2 Å². The first-order valence-electron chi connectivity index (χ1n) is 7.27. The van der Waals surface area contributed by atoms with Gasteiger partial charge in [0.05, 0.1) is 16.4 Å². The summed E-state index contributed by atoms with van der Waals surface area (Å²) in [6.07, 6.45) is 2.38. The molecule has 5 heteroatoms. The Morgan fingerprint density at radius 1 is 1.38 bits per heavy atom. The number of aromatic nitrogens is 1. The van der Waals surface area contributed by atoms with Crippen molar-refractivity contribution in [1.29, 1.82) is 0 Å². The summed E-state index contributed by atoms with van der Waals surface area (Å²) in [6, 6.07) is 5.84. The summed E-state index contributed by atoms with van der Waals surface area (Å²) >= 11 is 1.68. The van der Waals surface area contributed by atoms with E-state index in [1.807, 2.05) is 25.1 Å². The van der Waals surface area contributed by atoms with E-state index in [9.17, 15) is 4.79 Å². The number of carbonyl (C=O) groups excluding carboxylic acids is 1. The van der Waals surface area contributed by atoms with E-state index in [0.29, 0.717) is 6.42 Å². The molecule has 0 fully saturated rings. The molecule has 110 valence electrons. The molecule has 0 bridgehead atoms. The number of ether oxygens (including phenoxy) is 1. The molecule has 0 saturated carbocycles. The van der Waals surface area contributed by atoms with Gasteiger partial charge in [-0.25, -0.2) is 4.98 Å². The molecule has 0 radical (unpaired) electrons. The minimum atomic E-state index is -0.390. The highest BCUT2D eigenvalue weighted by Crippen LogP contribution is 2.34. The predicted octanol–water partition coefficient (Wildman–Crippen LogP) is 3.87. The van der Waals surface area contributed by atoms with Crippen molar-refractivity contribution in [3.8, 4) is 17.0 Å². The molecule has 2 aromatic rings. The summed E-state index contributed by atoms with van der Waals surface area (Å²) in [5.74, 6) is 0.654. The van der Waals surface area contributed by atoms with Gasteiger partial charge in [-0.2, -0.15) is 0 Å². The minimum absolute atomic E-state index is 0.0768. The summed E-state index contributed by atoms with van der Waals surface area (Å²) in [7, 11) is 0. The maximum absolute atomic E-state index is 11.9. The van der Waals surface area contributed by atoms with E-state index in [-0.39, 0.29) is 5.91 Å². The van der Waals surface area contributed by atoms with E-state index in [0.717, 1.165) is 40.5 Å². The van der Waals surface area contributed by atoms with E-state index >= 15 is 0 Å². The maximum atomic E-state index is 11.9.